The number of Topliss-reactive ketones (excluding diaryl/α,β-unsaturated/α-hetero) is 1. The van der Waals surface area contributed by atoms with Crippen molar-refractivity contribution in [3.63, 3.8) is 0 Å². The molecule has 1 N–H and O–H groups in total. The van der Waals surface area contributed by atoms with E-state index in [1.807, 2.05) is 19.1 Å². The Bertz CT molecular complexity index is 1300. The van der Waals surface area contributed by atoms with E-state index in [4.69, 9.17) is 18.9 Å². The van der Waals surface area contributed by atoms with Crippen LogP contribution in [0, 0.1) is 12.8 Å². The van der Waals surface area contributed by atoms with Crippen molar-refractivity contribution in [1.29, 1.82) is 0 Å². The molecule has 9 nitrogen and oxygen atoms in total. The van der Waals surface area contributed by atoms with Gasteiger partial charge in [-0.2, -0.15) is 0 Å². The highest BCUT2D eigenvalue weighted by molar-refractivity contribution is 6.46. The lowest BCUT2D eigenvalue weighted by Gasteiger charge is -2.31. The van der Waals surface area contributed by atoms with Crippen molar-refractivity contribution in [2.24, 2.45) is 5.92 Å². The third-order valence-corrected chi connectivity index (χ3v) is 7.83. The molecule has 234 valence electrons. The molecule has 1 amide bonds. The number of amides is 1. The number of nitrogens with zero attached hydrogens (tertiary/aromatic N) is 2. The van der Waals surface area contributed by atoms with Gasteiger partial charge in [-0.05, 0) is 60.7 Å². The molecular formula is C34H46N2O7. The third-order valence-electron chi connectivity index (χ3n) is 7.83. The molecule has 2 aliphatic rings. The second-order valence-corrected chi connectivity index (χ2v) is 11.6. The van der Waals surface area contributed by atoms with Crippen LogP contribution in [-0.2, 0) is 14.3 Å². The average molecular weight is 595 g/mol. The summed E-state index contributed by atoms with van der Waals surface area (Å²) >= 11 is 0. The van der Waals surface area contributed by atoms with Crippen molar-refractivity contribution in [3.8, 4) is 17.2 Å². The molecule has 0 bridgehead atoms. The Morgan fingerprint density at radius 1 is 1.00 bits per heavy atom. The lowest BCUT2D eigenvalue weighted by atomic mass is 9.94. The number of hydrogen-bond acceptors (Lipinski definition) is 8. The summed E-state index contributed by atoms with van der Waals surface area (Å²) in [7, 11) is 1.57. The first-order chi connectivity index (χ1) is 20.7. The Morgan fingerprint density at radius 3 is 2.42 bits per heavy atom. The molecule has 2 aliphatic heterocycles. The Kier molecular flexibility index (Phi) is 11.5. The van der Waals surface area contributed by atoms with Crippen molar-refractivity contribution >= 4 is 17.4 Å². The lowest BCUT2D eigenvalue weighted by Crippen LogP contribution is -2.42. The Morgan fingerprint density at radius 2 is 1.74 bits per heavy atom. The smallest absolute Gasteiger partial charge is 0.295 e. The van der Waals surface area contributed by atoms with Crippen LogP contribution in [0.4, 0.5) is 0 Å². The van der Waals surface area contributed by atoms with Crippen LogP contribution in [0.25, 0.3) is 5.76 Å². The van der Waals surface area contributed by atoms with Gasteiger partial charge in [0.05, 0.1) is 45.2 Å². The van der Waals surface area contributed by atoms with Gasteiger partial charge in [-0.15, -0.1) is 0 Å². The van der Waals surface area contributed by atoms with Gasteiger partial charge in [-0.3, -0.25) is 14.5 Å². The monoisotopic (exact) mass is 594 g/mol. The van der Waals surface area contributed by atoms with E-state index in [2.05, 4.69) is 25.7 Å². The maximum atomic E-state index is 13.6. The number of morpholine rings is 1. The van der Waals surface area contributed by atoms with Gasteiger partial charge in [-0.1, -0.05) is 39.7 Å². The molecule has 43 heavy (non-hydrogen) atoms. The molecule has 2 heterocycles. The fourth-order valence-corrected chi connectivity index (χ4v) is 5.41. The highest BCUT2D eigenvalue weighted by Crippen LogP contribution is 2.42. The third kappa shape index (κ3) is 7.89. The molecule has 2 aromatic rings. The number of rotatable bonds is 14. The summed E-state index contributed by atoms with van der Waals surface area (Å²) in [6.45, 7) is 13.0. The van der Waals surface area contributed by atoms with Crippen LogP contribution in [0.15, 0.2) is 42.0 Å². The Balaban J connectivity index is 1.71. The first-order valence-electron chi connectivity index (χ1n) is 15.4. The number of unbranched alkanes of at least 4 members (excludes halogenated alkanes) is 2. The van der Waals surface area contributed by atoms with Gasteiger partial charge in [0.1, 0.15) is 11.5 Å². The van der Waals surface area contributed by atoms with Crippen LogP contribution in [0.5, 0.6) is 17.2 Å². The number of aliphatic hydroxyl groups is 1. The predicted molar refractivity (Wildman–Crippen MR) is 166 cm³/mol. The number of benzene rings is 2. The van der Waals surface area contributed by atoms with Crippen LogP contribution >= 0.6 is 0 Å². The summed E-state index contributed by atoms with van der Waals surface area (Å²) in [4.78, 5) is 30.9. The summed E-state index contributed by atoms with van der Waals surface area (Å²) in [5.74, 6) is 0.636. The minimum absolute atomic E-state index is 0.0564. The zero-order chi connectivity index (χ0) is 30.9. The van der Waals surface area contributed by atoms with Crippen LogP contribution in [-0.4, -0.2) is 86.3 Å². The number of methoxy groups -OCH3 is 1. The number of aryl methyl sites for hydroxylation is 1. The quantitative estimate of drug-likeness (QED) is 0.135. The second-order valence-electron chi connectivity index (χ2n) is 11.6. The van der Waals surface area contributed by atoms with E-state index in [1.54, 1.807) is 36.3 Å². The number of carbonyl (C=O) groups is 2. The van der Waals surface area contributed by atoms with Gasteiger partial charge >= 0.3 is 0 Å². The van der Waals surface area contributed by atoms with Gasteiger partial charge < -0.3 is 29.0 Å². The van der Waals surface area contributed by atoms with E-state index in [9.17, 15) is 14.7 Å². The van der Waals surface area contributed by atoms with E-state index in [-0.39, 0.29) is 11.3 Å². The topological polar surface area (TPSA) is 97.8 Å². The fourth-order valence-electron chi connectivity index (χ4n) is 5.41. The summed E-state index contributed by atoms with van der Waals surface area (Å²) < 4.78 is 23.0. The van der Waals surface area contributed by atoms with Gasteiger partial charge in [-0.25, -0.2) is 0 Å². The molecule has 0 aliphatic carbocycles. The van der Waals surface area contributed by atoms with Crippen molar-refractivity contribution in [2.45, 2.75) is 53.0 Å². The van der Waals surface area contributed by atoms with Gasteiger partial charge in [0, 0.05) is 31.7 Å². The Hall–Kier alpha value is -3.56. The van der Waals surface area contributed by atoms with Crippen molar-refractivity contribution in [1.82, 2.24) is 9.80 Å². The normalized spacial score (nSPS) is 18.8. The zero-order valence-electron chi connectivity index (χ0n) is 26.2. The molecule has 1 unspecified atom stereocenters. The number of likely N-dealkylation sites (tertiary alicyclic amines) is 1. The summed E-state index contributed by atoms with van der Waals surface area (Å²) in [6, 6.07) is 9.98. The molecule has 9 heteroatoms. The summed E-state index contributed by atoms with van der Waals surface area (Å²) in [5, 5.41) is 11.6. The number of hydrogen-bond donors (Lipinski definition) is 1. The molecule has 1 atom stereocenters. The minimum Gasteiger partial charge on any atom is -0.507 e. The highest BCUT2D eigenvalue weighted by atomic mass is 16.5. The van der Waals surface area contributed by atoms with Crippen LogP contribution in [0.1, 0.15) is 62.8 Å². The summed E-state index contributed by atoms with van der Waals surface area (Å²) in [5.41, 5.74) is 2.00. The number of ether oxygens (including phenoxy) is 4. The molecular weight excluding hydrogens is 548 g/mol. The molecule has 0 saturated carbocycles. The molecule has 2 saturated heterocycles. The maximum Gasteiger partial charge on any atom is 0.295 e. The van der Waals surface area contributed by atoms with Crippen molar-refractivity contribution in [3.05, 3.63) is 58.7 Å². The molecule has 2 aromatic carbocycles. The van der Waals surface area contributed by atoms with Crippen LogP contribution in [0.2, 0.25) is 0 Å². The molecule has 0 aromatic heterocycles. The van der Waals surface area contributed by atoms with Crippen molar-refractivity contribution < 1.29 is 33.6 Å². The highest BCUT2D eigenvalue weighted by Gasteiger charge is 2.46. The number of aliphatic hydroxyl groups excluding tert-OH is 1. The standard InChI is InChI=1S/C34H46N2O7/c1-6-7-8-17-42-28-12-9-25(21-29(28)40-5)31-30(32(37)26-10-11-27(24(4)20-26)43-22-23(2)3)33(38)34(39)36(31)14-13-35-15-18-41-19-16-35/h9-12,20-21,23,31,37H,6-8,13-19,22H2,1-5H3. The van der Waals surface area contributed by atoms with Crippen molar-refractivity contribution in [2.75, 3.05) is 59.7 Å². The number of carbonyl (C=O) groups excluding carboxylic acids is 2. The van der Waals surface area contributed by atoms with E-state index in [0.29, 0.717) is 73.8 Å². The van der Waals surface area contributed by atoms with E-state index in [0.717, 1.165) is 37.9 Å². The molecule has 2 fully saturated rings. The number of ketones is 1. The fraction of sp³-hybridized carbons (Fsp3) is 0.529. The largest absolute Gasteiger partial charge is 0.507 e. The first kappa shape index (κ1) is 32.4. The average Bonchev–Trinajstić information content (AvgIpc) is 3.26. The van der Waals surface area contributed by atoms with E-state index < -0.39 is 17.7 Å². The molecule has 0 spiro atoms. The minimum atomic E-state index is -0.791. The molecule has 4 rings (SSSR count). The molecule has 0 radical (unpaired) electrons. The SMILES string of the molecule is CCCCCOc1ccc(C2C(=C(O)c3ccc(OCC(C)C)c(C)c3)C(=O)C(=O)N2CCN2CCOCC2)cc1OC. The van der Waals surface area contributed by atoms with E-state index in [1.165, 1.54) is 0 Å². The van der Waals surface area contributed by atoms with E-state index >= 15 is 0 Å². The lowest BCUT2D eigenvalue weighted by molar-refractivity contribution is -0.140. The predicted octanol–water partition coefficient (Wildman–Crippen LogP) is 5.36. The van der Waals surface area contributed by atoms with Gasteiger partial charge in [0.2, 0.25) is 0 Å². The van der Waals surface area contributed by atoms with Crippen LogP contribution in [0.3, 0.4) is 0 Å². The zero-order valence-corrected chi connectivity index (χ0v) is 26.2. The van der Waals surface area contributed by atoms with Gasteiger partial charge in [0.15, 0.2) is 11.5 Å². The maximum absolute atomic E-state index is 13.6. The second kappa shape index (κ2) is 15.3. The Labute approximate surface area is 255 Å². The van der Waals surface area contributed by atoms with Crippen LogP contribution < -0.4 is 14.2 Å². The van der Waals surface area contributed by atoms with Gasteiger partial charge in [0.25, 0.3) is 11.7 Å². The first-order valence-corrected chi connectivity index (χ1v) is 15.4. The summed E-state index contributed by atoms with van der Waals surface area (Å²) in [6.07, 6.45) is 3.10.